The third kappa shape index (κ3) is 2.60. The molecule has 104 valence electrons. The van der Waals surface area contributed by atoms with E-state index in [1.807, 2.05) is 11.8 Å². The van der Waals surface area contributed by atoms with E-state index in [9.17, 15) is 4.79 Å². The lowest BCUT2D eigenvalue weighted by molar-refractivity contribution is -0.0767. The first-order chi connectivity index (χ1) is 9.11. The molecule has 2 fully saturated rings. The second-order valence-electron chi connectivity index (χ2n) is 5.04. The van der Waals surface area contributed by atoms with Gasteiger partial charge in [-0.2, -0.15) is 11.8 Å². The van der Waals surface area contributed by atoms with E-state index >= 15 is 0 Å². The molecule has 2 unspecified atom stereocenters. The maximum Gasteiger partial charge on any atom is 0.269 e. The molecule has 3 heterocycles. The van der Waals surface area contributed by atoms with Crippen molar-refractivity contribution in [1.29, 1.82) is 0 Å². The fourth-order valence-corrected chi connectivity index (χ4v) is 4.60. The summed E-state index contributed by atoms with van der Waals surface area (Å²) in [7, 11) is 0. The summed E-state index contributed by atoms with van der Waals surface area (Å²) in [5, 5.41) is 0.222. The summed E-state index contributed by atoms with van der Waals surface area (Å²) in [4.78, 5) is 16.3. The van der Waals surface area contributed by atoms with Gasteiger partial charge in [0.2, 0.25) is 0 Å². The largest absolute Gasteiger partial charge is 0.374 e. The summed E-state index contributed by atoms with van der Waals surface area (Å²) >= 11 is 11.0. The van der Waals surface area contributed by atoms with Crippen molar-refractivity contribution in [3.63, 3.8) is 0 Å². The molecular formula is C12H14BrClN2O2S. The molecule has 0 N–H and O–H groups in total. The zero-order chi connectivity index (χ0) is 13.5. The van der Waals surface area contributed by atoms with Gasteiger partial charge in [0.15, 0.2) is 5.15 Å². The Morgan fingerprint density at radius 1 is 1.63 bits per heavy atom. The van der Waals surface area contributed by atoms with Crippen molar-refractivity contribution in [3.05, 3.63) is 26.3 Å². The van der Waals surface area contributed by atoms with Gasteiger partial charge in [0, 0.05) is 18.4 Å². The maximum atomic E-state index is 12.2. The van der Waals surface area contributed by atoms with Crippen LogP contribution >= 0.6 is 39.3 Å². The molecule has 4 nitrogen and oxygen atoms in total. The Morgan fingerprint density at radius 2 is 2.47 bits per heavy atom. The smallest absolute Gasteiger partial charge is 0.269 e. The van der Waals surface area contributed by atoms with Crippen molar-refractivity contribution >= 4 is 39.3 Å². The molecule has 0 bridgehead atoms. The molecule has 2 aliphatic rings. The second-order valence-corrected chi connectivity index (χ2v) is 7.30. The highest BCUT2D eigenvalue weighted by Gasteiger charge is 2.41. The first kappa shape index (κ1) is 13.9. The van der Waals surface area contributed by atoms with E-state index in [0.29, 0.717) is 11.1 Å². The molecule has 2 atom stereocenters. The highest BCUT2D eigenvalue weighted by molar-refractivity contribution is 9.10. The van der Waals surface area contributed by atoms with E-state index in [0.717, 1.165) is 30.8 Å². The van der Waals surface area contributed by atoms with E-state index in [1.165, 1.54) is 0 Å². The zero-order valence-electron chi connectivity index (χ0n) is 10.3. The summed E-state index contributed by atoms with van der Waals surface area (Å²) in [6.45, 7) is 0.706. The third-order valence-corrected chi connectivity index (χ3v) is 6.28. The van der Waals surface area contributed by atoms with Gasteiger partial charge in [-0.3, -0.25) is 9.36 Å². The van der Waals surface area contributed by atoms with Gasteiger partial charge in [-0.15, -0.1) is 0 Å². The lowest BCUT2D eigenvalue weighted by Crippen LogP contribution is -2.42. The van der Waals surface area contributed by atoms with E-state index < -0.39 is 0 Å². The highest BCUT2D eigenvalue weighted by Crippen LogP contribution is 2.41. The van der Waals surface area contributed by atoms with Crippen LogP contribution in [0.25, 0.3) is 0 Å². The van der Waals surface area contributed by atoms with Crippen molar-refractivity contribution in [2.24, 2.45) is 0 Å². The van der Waals surface area contributed by atoms with E-state index in [-0.39, 0.29) is 22.4 Å². The molecule has 0 radical (unpaired) electrons. The van der Waals surface area contributed by atoms with Gasteiger partial charge in [0.1, 0.15) is 4.47 Å². The molecule has 1 aromatic rings. The average Bonchev–Trinajstić information content (AvgIpc) is 2.84. The first-order valence-corrected chi connectivity index (χ1v) is 8.58. The lowest BCUT2D eigenvalue weighted by Gasteiger charge is -2.38. The normalized spacial score (nSPS) is 30.9. The number of rotatable bonds is 1. The fourth-order valence-electron chi connectivity index (χ4n) is 2.79. The van der Waals surface area contributed by atoms with Crippen LogP contribution in [0.2, 0.25) is 5.15 Å². The Hall–Kier alpha value is -0.0400. The first-order valence-electron chi connectivity index (χ1n) is 6.25. The summed E-state index contributed by atoms with van der Waals surface area (Å²) in [6, 6.07) is 0.154. The number of thioether (sulfide) groups is 1. The quantitative estimate of drug-likeness (QED) is 0.718. The molecule has 0 saturated carbocycles. The molecule has 7 heteroatoms. The Bertz CT molecular complexity index is 545. The van der Waals surface area contributed by atoms with Crippen LogP contribution in [-0.2, 0) is 4.74 Å². The second kappa shape index (κ2) is 5.39. The van der Waals surface area contributed by atoms with Gasteiger partial charge in [-0.25, -0.2) is 4.98 Å². The van der Waals surface area contributed by atoms with Crippen LogP contribution in [0.1, 0.15) is 25.3 Å². The summed E-state index contributed by atoms with van der Waals surface area (Å²) in [5.41, 5.74) is -0.147. The number of hydrogen-bond donors (Lipinski definition) is 0. The standard InChI is InChI=1S/C12H14BrClN2O2S/c13-9-10(14)15-7-16(11(9)17)8-1-3-18-12(5-8)2-4-19-6-12/h7-8H,1-6H2. The Balaban J connectivity index is 1.90. The molecule has 1 spiro atoms. The fraction of sp³-hybridized carbons (Fsp3) is 0.667. The molecule has 0 amide bonds. The summed E-state index contributed by atoms with van der Waals surface area (Å²) in [5.74, 6) is 2.17. The topological polar surface area (TPSA) is 44.1 Å². The zero-order valence-corrected chi connectivity index (χ0v) is 13.4. The molecule has 0 aromatic carbocycles. The number of halogens is 2. The minimum absolute atomic E-state index is 0.0425. The van der Waals surface area contributed by atoms with E-state index in [4.69, 9.17) is 16.3 Å². The van der Waals surface area contributed by atoms with Gasteiger partial charge in [0.25, 0.3) is 5.56 Å². The van der Waals surface area contributed by atoms with Crippen LogP contribution in [0.15, 0.2) is 15.6 Å². The van der Waals surface area contributed by atoms with E-state index in [2.05, 4.69) is 20.9 Å². The lowest BCUT2D eigenvalue weighted by atomic mass is 9.90. The Kier molecular flexibility index (Phi) is 3.95. The predicted molar refractivity (Wildman–Crippen MR) is 80.1 cm³/mol. The highest BCUT2D eigenvalue weighted by atomic mass is 79.9. The van der Waals surface area contributed by atoms with Crippen LogP contribution in [0.3, 0.4) is 0 Å². The molecule has 2 saturated heterocycles. The van der Waals surface area contributed by atoms with Crippen LogP contribution in [0.4, 0.5) is 0 Å². The van der Waals surface area contributed by atoms with E-state index in [1.54, 1.807) is 10.9 Å². The van der Waals surface area contributed by atoms with Crippen LogP contribution in [-0.4, -0.2) is 33.3 Å². The van der Waals surface area contributed by atoms with Crippen LogP contribution < -0.4 is 5.56 Å². The maximum absolute atomic E-state index is 12.2. The van der Waals surface area contributed by atoms with Gasteiger partial charge < -0.3 is 4.74 Å². The monoisotopic (exact) mass is 364 g/mol. The minimum Gasteiger partial charge on any atom is -0.374 e. The van der Waals surface area contributed by atoms with Crippen LogP contribution in [0, 0.1) is 0 Å². The number of hydrogen-bond acceptors (Lipinski definition) is 4. The van der Waals surface area contributed by atoms with Crippen molar-refractivity contribution in [3.8, 4) is 0 Å². The molecule has 0 aliphatic carbocycles. The molecule has 2 aliphatic heterocycles. The minimum atomic E-state index is -0.104. The predicted octanol–water partition coefficient (Wildman–Crippen LogP) is 2.89. The SMILES string of the molecule is O=c1c(Br)c(Cl)ncn1C1CCOC2(CCSC2)C1. The van der Waals surface area contributed by atoms with Crippen molar-refractivity contribution in [2.75, 3.05) is 18.1 Å². The molecule has 1 aromatic heterocycles. The van der Waals surface area contributed by atoms with Gasteiger partial charge >= 0.3 is 0 Å². The Labute approximate surface area is 129 Å². The van der Waals surface area contributed by atoms with Crippen molar-refractivity contribution < 1.29 is 4.74 Å². The third-order valence-electron chi connectivity index (χ3n) is 3.83. The molecular weight excluding hydrogens is 352 g/mol. The van der Waals surface area contributed by atoms with Crippen LogP contribution in [0.5, 0.6) is 0 Å². The van der Waals surface area contributed by atoms with Crippen molar-refractivity contribution in [1.82, 2.24) is 9.55 Å². The summed E-state index contributed by atoms with van der Waals surface area (Å²) < 4.78 is 8.02. The summed E-state index contributed by atoms with van der Waals surface area (Å²) in [6.07, 6.45) is 4.37. The molecule has 19 heavy (non-hydrogen) atoms. The Morgan fingerprint density at radius 3 is 3.21 bits per heavy atom. The van der Waals surface area contributed by atoms with Gasteiger partial charge in [0.05, 0.1) is 11.9 Å². The molecule has 3 rings (SSSR count). The van der Waals surface area contributed by atoms with Gasteiger partial charge in [-0.1, -0.05) is 11.6 Å². The number of ether oxygens (including phenoxy) is 1. The van der Waals surface area contributed by atoms with Crippen molar-refractivity contribution in [2.45, 2.75) is 30.9 Å². The number of nitrogens with zero attached hydrogens (tertiary/aromatic N) is 2. The van der Waals surface area contributed by atoms with Gasteiger partial charge in [-0.05, 0) is 40.9 Å². The number of aromatic nitrogens is 2. The average molecular weight is 366 g/mol.